The molecule has 26 heavy (non-hydrogen) atoms. The molecule has 132 valence electrons. The normalized spacial score (nSPS) is 10.5. The van der Waals surface area contributed by atoms with Gasteiger partial charge in [-0.25, -0.2) is 4.79 Å². The van der Waals surface area contributed by atoms with E-state index < -0.39 is 5.97 Å². The second kappa shape index (κ2) is 7.23. The SMILES string of the molecule is COC(=O)c1ccc(Cn2c(=O)ccc(=O)c3ccccc32)cc1OC. The van der Waals surface area contributed by atoms with Crippen LogP contribution in [0.1, 0.15) is 15.9 Å². The number of esters is 1. The molecule has 1 aromatic heterocycles. The molecule has 0 spiro atoms. The first-order valence-electron chi connectivity index (χ1n) is 7.93. The van der Waals surface area contributed by atoms with Crippen molar-refractivity contribution < 1.29 is 14.3 Å². The van der Waals surface area contributed by atoms with Crippen LogP contribution in [-0.2, 0) is 11.3 Å². The van der Waals surface area contributed by atoms with E-state index in [1.165, 1.54) is 30.9 Å². The molecule has 6 nitrogen and oxygen atoms in total. The molecule has 2 aromatic carbocycles. The molecule has 0 N–H and O–H groups in total. The van der Waals surface area contributed by atoms with Crippen LogP contribution in [0.2, 0.25) is 0 Å². The van der Waals surface area contributed by atoms with Crippen LogP contribution < -0.4 is 15.7 Å². The van der Waals surface area contributed by atoms with Crippen LogP contribution in [0.15, 0.2) is 64.2 Å². The summed E-state index contributed by atoms with van der Waals surface area (Å²) in [5.74, 6) is -0.144. The van der Waals surface area contributed by atoms with E-state index in [1.807, 2.05) is 0 Å². The monoisotopic (exact) mass is 351 g/mol. The zero-order valence-electron chi connectivity index (χ0n) is 14.4. The van der Waals surface area contributed by atoms with Gasteiger partial charge in [0.25, 0.3) is 5.56 Å². The number of para-hydroxylation sites is 1. The highest BCUT2D eigenvalue weighted by atomic mass is 16.5. The maximum Gasteiger partial charge on any atom is 0.341 e. The molecule has 0 bridgehead atoms. The first-order chi connectivity index (χ1) is 12.5. The Balaban J connectivity index is 2.15. The quantitative estimate of drug-likeness (QED) is 0.674. The minimum Gasteiger partial charge on any atom is -0.496 e. The van der Waals surface area contributed by atoms with Gasteiger partial charge in [0.05, 0.1) is 26.3 Å². The van der Waals surface area contributed by atoms with Gasteiger partial charge in [-0.3, -0.25) is 9.59 Å². The molecule has 0 aliphatic rings. The summed E-state index contributed by atoms with van der Waals surface area (Å²) < 4.78 is 11.5. The molecule has 3 rings (SSSR count). The summed E-state index contributed by atoms with van der Waals surface area (Å²) in [7, 11) is 2.76. The first kappa shape index (κ1) is 17.4. The number of carbonyl (C=O) groups is 1. The number of aromatic nitrogens is 1. The number of hydrogen-bond donors (Lipinski definition) is 0. The van der Waals surface area contributed by atoms with E-state index >= 15 is 0 Å². The van der Waals surface area contributed by atoms with Crippen LogP contribution in [0, 0.1) is 0 Å². The fraction of sp³-hybridized carbons (Fsp3) is 0.150. The largest absolute Gasteiger partial charge is 0.496 e. The predicted molar refractivity (Wildman–Crippen MR) is 97.9 cm³/mol. The molecule has 0 radical (unpaired) electrons. The van der Waals surface area contributed by atoms with Crippen LogP contribution in [0.4, 0.5) is 0 Å². The van der Waals surface area contributed by atoms with Crippen molar-refractivity contribution in [2.24, 2.45) is 0 Å². The molecular formula is C20H17NO5. The van der Waals surface area contributed by atoms with Gasteiger partial charge < -0.3 is 14.0 Å². The molecule has 1 heterocycles. The molecule has 0 saturated carbocycles. The number of hydrogen-bond acceptors (Lipinski definition) is 5. The van der Waals surface area contributed by atoms with Gasteiger partial charge in [0, 0.05) is 11.5 Å². The Bertz CT molecular complexity index is 1100. The lowest BCUT2D eigenvalue weighted by atomic mass is 10.1. The van der Waals surface area contributed by atoms with Crippen LogP contribution in [0.5, 0.6) is 5.75 Å². The number of fused-ring (bicyclic) bond motifs is 1. The Morgan fingerprint density at radius 1 is 1.00 bits per heavy atom. The summed E-state index contributed by atoms with van der Waals surface area (Å²) in [6.45, 7) is 0.227. The summed E-state index contributed by atoms with van der Waals surface area (Å²) in [4.78, 5) is 36.4. The van der Waals surface area contributed by atoms with Crippen molar-refractivity contribution in [1.29, 1.82) is 0 Å². The standard InChI is InChI=1S/C20H17NO5/c1-25-18-11-13(7-8-15(18)20(24)26-2)12-21-16-6-4-3-5-14(16)17(22)9-10-19(21)23/h3-11H,12H2,1-2H3. The van der Waals surface area contributed by atoms with E-state index in [0.29, 0.717) is 22.2 Å². The van der Waals surface area contributed by atoms with Gasteiger partial charge >= 0.3 is 5.97 Å². The summed E-state index contributed by atoms with van der Waals surface area (Å²) in [5, 5.41) is 0.466. The smallest absolute Gasteiger partial charge is 0.341 e. The fourth-order valence-corrected chi connectivity index (χ4v) is 2.82. The third kappa shape index (κ3) is 3.21. The predicted octanol–water partition coefficient (Wildman–Crippen LogP) is 2.21. The van der Waals surface area contributed by atoms with Gasteiger partial charge in [-0.15, -0.1) is 0 Å². The van der Waals surface area contributed by atoms with Gasteiger partial charge in [-0.1, -0.05) is 18.2 Å². The zero-order chi connectivity index (χ0) is 18.7. The lowest BCUT2D eigenvalue weighted by Gasteiger charge is -2.11. The van der Waals surface area contributed by atoms with Crippen molar-refractivity contribution in [3.05, 3.63) is 86.3 Å². The van der Waals surface area contributed by atoms with E-state index in [2.05, 4.69) is 0 Å². The number of benzene rings is 2. The molecule has 0 atom stereocenters. The van der Waals surface area contributed by atoms with Crippen LogP contribution in [0.3, 0.4) is 0 Å². The summed E-state index contributed by atoms with van der Waals surface area (Å²) >= 11 is 0. The van der Waals surface area contributed by atoms with Crippen molar-refractivity contribution in [2.45, 2.75) is 6.54 Å². The van der Waals surface area contributed by atoms with Crippen molar-refractivity contribution in [3.8, 4) is 5.75 Å². The van der Waals surface area contributed by atoms with Crippen molar-refractivity contribution in [1.82, 2.24) is 4.57 Å². The number of carbonyl (C=O) groups excluding carboxylic acids is 1. The van der Waals surface area contributed by atoms with Gasteiger partial charge in [0.2, 0.25) is 0 Å². The number of methoxy groups -OCH3 is 2. The van der Waals surface area contributed by atoms with E-state index in [4.69, 9.17) is 9.47 Å². The van der Waals surface area contributed by atoms with E-state index in [-0.39, 0.29) is 17.5 Å². The zero-order valence-corrected chi connectivity index (χ0v) is 14.4. The summed E-state index contributed by atoms with van der Waals surface area (Å²) in [6, 6.07) is 14.5. The third-order valence-electron chi connectivity index (χ3n) is 4.12. The van der Waals surface area contributed by atoms with Crippen molar-refractivity contribution >= 4 is 16.9 Å². The van der Waals surface area contributed by atoms with Gasteiger partial charge in [-0.05, 0) is 35.9 Å². The topological polar surface area (TPSA) is 74.6 Å². The highest BCUT2D eigenvalue weighted by molar-refractivity contribution is 5.92. The van der Waals surface area contributed by atoms with Crippen LogP contribution >= 0.6 is 0 Å². The third-order valence-corrected chi connectivity index (χ3v) is 4.12. The average Bonchev–Trinajstić information content (AvgIpc) is 2.79. The highest BCUT2D eigenvalue weighted by Gasteiger charge is 2.14. The Hall–Kier alpha value is -3.41. The molecule has 0 unspecified atom stereocenters. The second-order valence-corrected chi connectivity index (χ2v) is 5.67. The molecule has 6 heteroatoms. The Kier molecular flexibility index (Phi) is 4.84. The molecule has 0 fully saturated rings. The van der Waals surface area contributed by atoms with Crippen molar-refractivity contribution in [3.63, 3.8) is 0 Å². The summed E-state index contributed by atoms with van der Waals surface area (Å²) in [5.41, 5.74) is 1.09. The van der Waals surface area contributed by atoms with E-state index in [9.17, 15) is 14.4 Å². The minimum atomic E-state index is -0.502. The van der Waals surface area contributed by atoms with Gasteiger partial charge in [0.15, 0.2) is 5.43 Å². The lowest BCUT2D eigenvalue weighted by molar-refractivity contribution is 0.0597. The van der Waals surface area contributed by atoms with Crippen molar-refractivity contribution in [2.75, 3.05) is 14.2 Å². The number of ether oxygens (including phenoxy) is 2. The van der Waals surface area contributed by atoms with Crippen LogP contribution in [-0.4, -0.2) is 24.8 Å². The average molecular weight is 351 g/mol. The maximum absolute atomic E-state index is 12.5. The molecule has 0 aliphatic heterocycles. The summed E-state index contributed by atoms with van der Waals surface area (Å²) in [6.07, 6.45) is 0. The molecule has 0 saturated heterocycles. The van der Waals surface area contributed by atoms with E-state index in [0.717, 1.165) is 5.56 Å². The van der Waals surface area contributed by atoms with E-state index in [1.54, 1.807) is 42.5 Å². The Morgan fingerprint density at radius 3 is 2.50 bits per heavy atom. The number of rotatable bonds is 4. The molecular weight excluding hydrogens is 334 g/mol. The fourth-order valence-electron chi connectivity index (χ4n) is 2.82. The number of nitrogens with zero attached hydrogens (tertiary/aromatic N) is 1. The molecule has 0 amide bonds. The highest BCUT2D eigenvalue weighted by Crippen LogP contribution is 2.22. The maximum atomic E-state index is 12.5. The van der Waals surface area contributed by atoms with Crippen LogP contribution in [0.25, 0.3) is 10.9 Å². The first-order valence-corrected chi connectivity index (χ1v) is 7.93. The Morgan fingerprint density at radius 2 is 1.77 bits per heavy atom. The van der Waals surface area contributed by atoms with Gasteiger partial charge in [-0.2, -0.15) is 0 Å². The van der Waals surface area contributed by atoms with Gasteiger partial charge in [0.1, 0.15) is 11.3 Å². The molecule has 3 aromatic rings. The minimum absolute atomic E-state index is 0.213. The Labute approximate surface area is 149 Å². The second-order valence-electron chi connectivity index (χ2n) is 5.67. The lowest BCUT2D eigenvalue weighted by Crippen LogP contribution is -2.18. The molecule has 0 aliphatic carbocycles.